The molecule has 3 aromatic rings. The molecule has 4 heteroatoms. The molecule has 22 heavy (non-hydrogen) atoms. The van der Waals surface area contributed by atoms with E-state index in [-0.39, 0.29) is 0 Å². The lowest BCUT2D eigenvalue weighted by Crippen LogP contribution is -1.99. The second-order valence-electron chi connectivity index (χ2n) is 4.84. The van der Waals surface area contributed by atoms with E-state index in [1.165, 1.54) is 5.56 Å². The van der Waals surface area contributed by atoms with E-state index in [2.05, 4.69) is 28.3 Å². The summed E-state index contributed by atoms with van der Waals surface area (Å²) in [5.41, 5.74) is 3.27. The van der Waals surface area contributed by atoms with Gasteiger partial charge in [0, 0.05) is 18.0 Å². The van der Waals surface area contributed by atoms with Gasteiger partial charge in [0.25, 0.3) is 0 Å². The Morgan fingerprint density at radius 2 is 1.95 bits per heavy atom. The van der Waals surface area contributed by atoms with Crippen LogP contribution in [0.15, 0.2) is 67.1 Å². The van der Waals surface area contributed by atoms with Crippen molar-refractivity contribution < 1.29 is 0 Å². The average molecular weight is 286 g/mol. The Labute approximate surface area is 129 Å². The molecule has 2 aromatic heterocycles. The SMILES string of the molecule is N#C/C(=C/c1cnn(Cc2ccccc2)c1)c1ccccn1. The first-order valence-corrected chi connectivity index (χ1v) is 6.95. The summed E-state index contributed by atoms with van der Waals surface area (Å²) in [5, 5.41) is 13.6. The van der Waals surface area contributed by atoms with Crippen molar-refractivity contribution in [1.82, 2.24) is 14.8 Å². The van der Waals surface area contributed by atoms with Crippen LogP contribution in [0, 0.1) is 11.3 Å². The second-order valence-corrected chi connectivity index (χ2v) is 4.84. The molecule has 0 radical (unpaired) electrons. The normalized spacial score (nSPS) is 11.1. The fraction of sp³-hybridized carbons (Fsp3) is 0.0556. The summed E-state index contributed by atoms with van der Waals surface area (Å²) >= 11 is 0. The van der Waals surface area contributed by atoms with E-state index in [0.29, 0.717) is 17.8 Å². The Morgan fingerprint density at radius 1 is 1.14 bits per heavy atom. The minimum absolute atomic E-state index is 0.528. The Morgan fingerprint density at radius 3 is 2.68 bits per heavy atom. The highest BCUT2D eigenvalue weighted by atomic mass is 15.3. The van der Waals surface area contributed by atoms with Crippen molar-refractivity contribution in [2.45, 2.75) is 6.54 Å². The first kappa shape index (κ1) is 13.8. The maximum absolute atomic E-state index is 9.30. The fourth-order valence-electron chi connectivity index (χ4n) is 2.16. The van der Waals surface area contributed by atoms with Crippen LogP contribution < -0.4 is 0 Å². The van der Waals surface area contributed by atoms with Gasteiger partial charge < -0.3 is 0 Å². The summed E-state index contributed by atoms with van der Waals surface area (Å²) in [4.78, 5) is 4.20. The van der Waals surface area contributed by atoms with E-state index in [0.717, 1.165) is 5.56 Å². The van der Waals surface area contributed by atoms with Crippen LogP contribution in [-0.4, -0.2) is 14.8 Å². The van der Waals surface area contributed by atoms with Crippen molar-refractivity contribution in [3.05, 3.63) is 83.9 Å². The van der Waals surface area contributed by atoms with Crippen LogP contribution in [0.5, 0.6) is 0 Å². The van der Waals surface area contributed by atoms with Gasteiger partial charge >= 0.3 is 0 Å². The predicted octanol–water partition coefficient (Wildman–Crippen LogP) is 3.39. The number of hydrogen-bond donors (Lipinski definition) is 0. The van der Waals surface area contributed by atoms with Crippen molar-refractivity contribution in [1.29, 1.82) is 5.26 Å². The van der Waals surface area contributed by atoms with Gasteiger partial charge in [-0.2, -0.15) is 10.4 Å². The lowest BCUT2D eigenvalue weighted by atomic mass is 10.1. The molecule has 0 aliphatic rings. The van der Waals surface area contributed by atoms with Crippen LogP contribution >= 0.6 is 0 Å². The number of hydrogen-bond acceptors (Lipinski definition) is 3. The van der Waals surface area contributed by atoms with Gasteiger partial charge in [-0.1, -0.05) is 36.4 Å². The number of pyridine rings is 1. The Bertz CT molecular complexity index is 811. The van der Waals surface area contributed by atoms with E-state index < -0.39 is 0 Å². The largest absolute Gasteiger partial charge is 0.268 e. The molecule has 1 aromatic carbocycles. The molecule has 0 unspecified atom stereocenters. The summed E-state index contributed by atoms with van der Waals surface area (Å²) in [6, 6.07) is 17.8. The summed E-state index contributed by atoms with van der Waals surface area (Å²) in [6.45, 7) is 0.708. The first-order valence-electron chi connectivity index (χ1n) is 6.95. The van der Waals surface area contributed by atoms with E-state index >= 15 is 0 Å². The maximum atomic E-state index is 9.30. The molecule has 0 bridgehead atoms. The van der Waals surface area contributed by atoms with Gasteiger partial charge in [-0.3, -0.25) is 9.67 Å². The van der Waals surface area contributed by atoms with Crippen LogP contribution in [0.2, 0.25) is 0 Å². The zero-order valence-corrected chi connectivity index (χ0v) is 11.9. The van der Waals surface area contributed by atoms with Crippen molar-refractivity contribution in [2.24, 2.45) is 0 Å². The molecule has 3 rings (SSSR count). The van der Waals surface area contributed by atoms with Gasteiger partial charge in [-0.25, -0.2) is 0 Å². The molecule has 0 saturated heterocycles. The maximum Gasteiger partial charge on any atom is 0.101 e. The summed E-state index contributed by atoms with van der Waals surface area (Å²) in [5.74, 6) is 0. The number of aromatic nitrogens is 3. The lowest BCUT2D eigenvalue weighted by molar-refractivity contribution is 0.687. The zero-order chi connectivity index (χ0) is 15.2. The van der Waals surface area contributed by atoms with Crippen LogP contribution in [0.1, 0.15) is 16.8 Å². The minimum atomic E-state index is 0.528. The zero-order valence-electron chi connectivity index (χ0n) is 11.9. The molecule has 4 nitrogen and oxygen atoms in total. The molecule has 106 valence electrons. The standard InChI is InChI=1S/C18H14N4/c19-11-17(18-8-4-5-9-20-18)10-16-12-21-22(14-16)13-15-6-2-1-3-7-15/h1-10,12,14H,13H2/b17-10-. The number of nitrogens with zero attached hydrogens (tertiary/aromatic N) is 4. The third kappa shape index (κ3) is 3.28. The Hall–Kier alpha value is -3.19. The molecule has 0 aliphatic heterocycles. The predicted molar refractivity (Wildman–Crippen MR) is 85.5 cm³/mol. The van der Waals surface area contributed by atoms with Gasteiger partial charge in [-0.15, -0.1) is 0 Å². The Balaban J connectivity index is 1.82. The van der Waals surface area contributed by atoms with Gasteiger partial charge in [0.05, 0.1) is 24.0 Å². The molecule has 0 fully saturated rings. The van der Waals surface area contributed by atoms with Crippen LogP contribution in [0.3, 0.4) is 0 Å². The smallest absolute Gasteiger partial charge is 0.101 e. The lowest BCUT2D eigenvalue weighted by Gasteiger charge is -2.00. The summed E-state index contributed by atoms with van der Waals surface area (Å²) in [6.07, 6.45) is 7.16. The third-order valence-corrected chi connectivity index (χ3v) is 3.21. The van der Waals surface area contributed by atoms with Crippen molar-refractivity contribution in [2.75, 3.05) is 0 Å². The van der Waals surface area contributed by atoms with Crippen molar-refractivity contribution >= 4 is 11.6 Å². The number of benzene rings is 1. The van der Waals surface area contributed by atoms with E-state index in [4.69, 9.17) is 0 Å². The molecule has 0 saturated carbocycles. The molecule has 0 N–H and O–H groups in total. The van der Waals surface area contributed by atoms with E-state index in [9.17, 15) is 5.26 Å². The monoisotopic (exact) mass is 286 g/mol. The van der Waals surface area contributed by atoms with Crippen molar-refractivity contribution in [3.63, 3.8) is 0 Å². The third-order valence-electron chi connectivity index (χ3n) is 3.21. The van der Waals surface area contributed by atoms with Gasteiger partial charge in [0.15, 0.2) is 0 Å². The highest BCUT2D eigenvalue weighted by molar-refractivity contribution is 5.87. The van der Waals surface area contributed by atoms with E-state index in [1.54, 1.807) is 18.5 Å². The van der Waals surface area contributed by atoms with E-state index in [1.807, 2.05) is 47.3 Å². The average Bonchev–Trinajstić information content (AvgIpc) is 3.01. The van der Waals surface area contributed by atoms with Gasteiger partial charge in [-0.05, 0) is 23.8 Å². The van der Waals surface area contributed by atoms with Crippen LogP contribution in [0.25, 0.3) is 11.6 Å². The molecular formula is C18H14N4. The molecule has 0 amide bonds. The minimum Gasteiger partial charge on any atom is -0.268 e. The van der Waals surface area contributed by atoms with Gasteiger partial charge in [0.2, 0.25) is 0 Å². The second kappa shape index (κ2) is 6.51. The number of rotatable bonds is 4. The number of nitriles is 1. The summed E-state index contributed by atoms with van der Waals surface area (Å²) in [7, 11) is 0. The summed E-state index contributed by atoms with van der Waals surface area (Å²) < 4.78 is 1.86. The van der Waals surface area contributed by atoms with Crippen molar-refractivity contribution in [3.8, 4) is 6.07 Å². The molecular weight excluding hydrogens is 272 g/mol. The number of allylic oxidation sites excluding steroid dienone is 1. The quantitative estimate of drug-likeness (QED) is 0.691. The van der Waals surface area contributed by atoms with Crippen LogP contribution in [0.4, 0.5) is 0 Å². The molecule has 0 atom stereocenters. The molecule has 0 spiro atoms. The highest BCUT2D eigenvalue weighted by Gasteiger charge is 2.03. The molecule has 2 heterocycles. The first-order chi connectivity index (χ1) is 10.8. The fourth-order valence-corrected chi connectivity index (χ4v) is 2.16. The van der Waals surface area contributed by atoms with Gasteiger partial charge in [0.1, 0.15) is 6.07 Å². The highest BCUT2D eigenvalue weighted by Crippen LogP contribution is 2.15. The Kier molecular flexibility index (Phi) is 4.08. The topological polar surface area (TPSA) is 54.5 Å². The molecule has 0 aliphatic carbocycles. The van der Waals surface area contributed by atoms with Crippen LogP contribution in [-0.2, 0) is 6.54 Å².